The third-order valence-electron chi connectivity index (χ3n) is 3.65. The first kappa shape index (κ1) is 15.7. The number of aromatic nitrogens is 4. The average molecular weight is 322 g/mol. The minimum absolute atomic E-state index is 0.343. The summed E-state index contributed by atoms with van der Waals surface area (Å²) in [7, 11) is 3.67. The van der Waals surface area contributed by atoms with Gasteiger partial charge in [0, 0.05) is 14.1 Å². The predicted molar refractivity (Wildman–Crippen MR) is 80.8 cm³/mol. The summed E-state index contributed by atoms with van der Waals surface area (Å²) in [5.74, 6) is 0.969. The Hall–Kier alpha value is -2.14. The van der Waals surface area contributed by atoms with Crippen LogP contribution < -0.4 is 10.2 Å². The molecule has 0 spiro atoms. The van der Waals surface area contributed by atoms with Gasteiger partial charge in [0.05, 0.1) is 6.61 Å². The van der Waals surface area contributed by atoms with Crippen LogP contribution in [0.3, 0.4) is 0 Å². The minimum Gasteiger partial charge on any atom is -0.394 e. The van der Waals surface area contributed by atoms with Crippen molar-refractivity contribution < 1.29 is 20.1 Å². The Bertz CT molecular complexity index is 699. The summed E-state index contributed by atoms with van der Waals surface area (Å²) in [5, 5.41) is 31.8. The zero-order chi connectivity index (χ0) is 16.6. The molecule has 0 amide bonds. The zero-order valence-corrected chi connectivity index (χ0v) is 12.7. The molecule has 0 saturated carbocycles. The summed E-state index contributed by atoms with van der Waals surface area (Å²) in [6.07, 6.45) is -1.42. The highest BCUT2D eigenvalue weighted by Gasteiger charge is 2.42. The standard InChI is InChI=1S/C13H18N6O4/c1-19(2)12-8-7(14-5-17-12)11(16-4-15-8)18-13-10(22)9(21)6(3-20)23-13/h4-6,9-10,13,20-22H,3H2,1-2H3,(H,15,16,18)/t6-,9-,10-,13?/m1/s1. The third-order valence-corrected chi connectivity index (χ3v) is 3.65. The fraction of sp³-hybridized carbons (Fsp3) is 0.538. The molecule has 0 radical (unpaired) electrons. The number of rotatable bonds is 4. The van der Waals surface area contributed by atoms with Gasteiger partial charge in [-0.2, -0.15) is 0 Å². The zero-order valence-electron chi connectivity index (χ0n) is 12.7. The van der Waals surface area contributed by atoms with E-state index in [0.29, 0.717) is 22.7 Å². The van der Waals surface area contributed by atoms with Crippen LogP contribution in [0.1, 0.15) is 0 Å². The smallest absolute Gasteiger partial charge is 0.158 e. The lowest BCUT2D eigenvalue weighted by Crippen LogP contribution is -2.36. The maximum absolute atomic E-state index is 10.0. The molecule has 4 atom stereocenters. The van der Waals surface area contributed by atoms with E-state index in [-0.39, 0.29) is 0 Å². The van der Waals surface area contributed by atoms with Crippen molar-refractivity contribution >= 4 is 22.7 Å². The van der Waals surface area contributed by atoms with E-state index >= 15 is 0 Å². The molecule has 1 fully saturated rings. The molecule has 3 rings (SSSR count). The Kier molecular flexibility index (Phi) is 4.22. The van der Waals surface area contributed by atoms with Gasteiger partial charge in [-0.25, -0.2) is 19.9 Å². The van der Waals surface area contributed by atoms with Gasteiger partial charge in [-0.3, -0.25) is 0 Å². The molecule has 0 aromatic carbocycles. The highest BCUT2D eigenvalue weighted by molar-refractivity contribution is 5.92. The SMILES string of the molecule is CN(C)c1ncnc2c(NC3O[C@H](CO)[C@@H](O)[C@H]3O)ncnc12. The summed E-state index contributed by atoms with van der Waals surface area (Å²) >= 11 is 0. The monoisotopic (exact) mass is 322 g/mol. The summed E-state index contributed by atoms with van der Waals surface area (Å²) in [5.41, 5.74) is 1.01. The van der Waals surface area contributed by atoms with Crippen molar-refractivity contribution in [1.29, 1.82) is 0 Å². The first-order valence-electron chi connectivity index (χ1n) is 7.05. The van der Waals surface area contributed by atoms with E-state index in [1.807, 2.05) is 14.1 Å². The van der Waals surface area contributed by atoms with Crippen molar-refractivity contribution in [2.24, 2.45) is 0 Å². The quantitative estimate of drug-likeness (QED) is 0.517. The maximum atomic E-state index is 10.0. The number of anilines is 2. The minimum atomic E-state index is -1.20. The van der Waals surface area contributed by atoms with E-state index in [1.54, 1.807) is 4.90 Å². The van der Waals surface area contributed by atoms with Gasteiger partial charge < -0.3 is 30.3 Å². The molecule has 3 heterocycles. The van der Waals surface area contributed by atoms with Crippen LogP contribution >= 0.6 is 0 Å². The molecule has 10 heteroatoms. The highest BCUT2D eigenvalue weighted by atomic mass is 16.6. The largest absolute Gasteiger partial charge is 0.394 e. The second-order valence-corrected chi connectivity index (χ2v) is 5.41. The van der Waals surface area contributed by atoms with Crippen molar-refractivity contribution in [3.05, 3.63) is 12.7 Å². The van der Waals surface area contributed by atoms with E-state index < -0.39 is 31.1 Å². The molecular weight excluding hydrogens is 304 g/mol. The first-order valence-corrected chi connectivity index (χ1v) is 7.05. The van der Waals surface area contributed by atoms with E-state index in [9.17, 15) is 10.2 Å². The lowest BCUT2D eigenvalue weighted by Gasteiger charge is -2.18. The number of aliphatic hydroxyl groups excluding tert-OH is 3. The molecule has 0 aliphatic carbocycles. The molecule has 2 aromatic heterocycles. The van der Waals surface area contributed by atoms with Crippen LogP contribution in [0.5, 0.6) is 0 Å². The summed E-state index contributed by atoms with van der Waals surface area (Å²) in [6, 6.07) is 0. The van der Waals surface area contributed by atoms with E-state index in [2.05, 4.69) is 25.3 Å². The lowest BCUT2D eigenvalue weighted by molar-refractivity contribution is -0.0153. The summed E-state index contributed by atoms with van der Waals surface area (Å²) in [6.45, 7) is -0.395. The van der Waals surface area contributed by atoms with Gasteiger partial charge in [-0.05, 0) is 0 Å². The molecular formula is C13H18N6O4. The first-order chi connectivity index (χ1) is 11.0. The Morgan fingerprint density at radius 3 is 2.43 bits per heavy atom. The van der Waals surface area contributed by atoms with Gasteiger partial charge in [0.1, 0.15) is 42.0 Å². The molecule has 1 aliphatic heterocycles. The molecule has 4 N–H and O–H groups in total. The molecule has 1 aliphatic rings. The van der Waals surface area contributed by atoms with Crippen LogP contribution in [0.15, 0.2) is 12.7 Å². The van der Waals surface area contributed by atoms with Crippen LogP contribution in [0.4, 0.5) is 11.6 Å². The van der Waals surface area contributed by atoms with Gasteiger partial charge in [0.2, 0.25) is 0 Å². The maximum Gasteiger partial charge on any atom is 0.158 e. The number of aliphatic hydroxyl groups is 3. The van der Waals surface area contributed by atoms with Gasteiger partial charge in [-0.1, -0.05) is 0 Å². The molecule has 1 unspecified atom stereocenters. The Morgan fingerprint density at radius 2 is 1.78 bits per heavy atom. The number of hydrogen-bond donors (Lipinski definition) is 4. The number of ether oxygens (including phenoxy) is 1. The molecule has 23 heavy (non-hydrogen) atoms. The van der Waals surface area contributed by atoms with Crippen molar-refractivity contribution in [3.63, 3.8) is 0 Å². The van der Waals surface area contributed by atoms with Crippen LogP contribution in [0, 0.1) is 0 Å². The normalized spacial score (nSPS) is 27.3. The predicted octanol–water partition coefficient (Wildman–Crippen LogP) is -1.66. The van der Waals surface area contributed by atoms with Gasteiger partial charge in [0.15, 0.2) is 17.9 Å². The Balaban J connectivity index is 1.94. The van der Waals surface area contributed by atoms with Crippen LogP contribution in [-0.4, -0.2) is 80.5 Å². The van der Waals surface area contributed by atoms with Crippen LogP contribution in [0.2, 0.25) is 0 Å². The Morgan fingerprint density at radius 1 is 1.09 bits per heavy atom. The van der Waals surface area contributed by atoms with Gasteiger partial charge >= 0.3 is 0 Å². The van der Waals surface area contributed by atoms with Crippen LogP contribution in [0.25, 0.3) is 11.0 Å². The van der Waals surface area contributed by atoms with E-state index in [0.717, 1.165) is 0 Å². The molecule has 0 bridgehead atoms. The van der Waals surface area contributed by atoms with Gasteiger partial charge in [-0.15, -0.1) is 0 Å². The lowest BCUT2D eigenvalue weighted by atomic mass is 10.1. The second-order valence-electron chi connectivity index (χ2n) is 5.41. The average Bonchev–Trinajstić information content (AvgIpc) is 2.82. The second kappa shape index (κ2) is 6.16. The highest BCUT2D eigenvalue weighted by Crippen LogP contribution is 2.27. The van der Waals surface area contributed by atoms with Crippen molar-refractivity contribution in [3.8, 4) is 0 Å². The van der Waals surface area contributed by atoms with E-state index in [1.165, 1.54) is 12.7 Å². The van der Waals surface area contributed by atoms with Crippen LogP contribution in [-0.2, 0) is 4.74 Å². The number of fused-ring (bicyclic) bond motifs is 1. The fourth-order valence-corrected chi connectivity index (χ4v) is 2.45. The summed E-state index contributed by atoms with van der Waals surface area (Å²) in [4.78, 5) is 18.5. The number of hydrogen-bond acceptors (Lipinski definition) is 10. The van der Waals surface area contributed by atoms with Gasteiger partial charge in [0.25, 0.3) is 0 Å². The third kappa shape index (κ3) is 2.77. The molecule has 2 aromatic rings. The van der Waals surface area contributed by atoms with E-state index in [4.69, 9.17) is 9.84 Å². The number of nitrogens with zero attached hydrogens (tertiary/aromatic N) is 5. The number of nitrogens with one attached hydrogen (secondary N) is 1. The molecule has 124 valence electrons. The molecule has 1 saturated heterocycles. The molecule has 10 nitrogen and oxygen atoms in total. The van der Waals surface area contributed by atoms with Crippen molar-refractivity contribution in [2.45, 2.75) is 24.5 Å². The Labute approximate surface area is 131 Å². The van der Waals surface area contributed by atoms with Crippen molar-refractivity contribution in [2.75, 3.05) is 30.9 Å². The summed E-state index contributed by atoms with van der Waals surface area (Å²) < 4.78 is 5.39. The van der Waals surface area contributed by atoms with Crippen molar-refractivity contribution in [1.82, 2.24) is 19.9 Å². The fourth-order valence-electron chi connectivity index (χ4n) is 2.45. The topological polar surface area (TPSA) is 137 Å².